The normalized spacial score (nSPS) is 16.4. The standard InChI is InChI=1S/C54H42N2/c1-5-13-45-35-51(31-23-41(45)9-1)55(52-32-24-42-10-2-6-14-46(42)36-52)49-27-19-39(20-28-49)17-18-40-21-29-50(30-22-40)56(53-33-25-43-11-3-7-15-47(43)37-53)54-34-26-44-12-4-8-16-48(44)38-54/h1-21,23-25,27-29,31-38,44H,22,26,30H2/b18-17+. The Morgan fingerprint density at radius 1 is 0.482 bits per heavy atom. The van der Waals surface area contributed by atoms with Gasteiger partial charge in [-0.15, -0.1) is 0 Å². The van der Waals surface area contributed by atoms with Gasteiger partial charge in [-0.3, -0.25) is 0 Å². The molecule has 0 N–H and O–H groups in total. The summed E-state index contributed by atoms with van der Waals surface area (Å²) in [5.74, 6) is 0.466. The van der Waals surface area contributed by atoms with Crippen molar-refractivity contribution in [2.45, 2.75) is 19.3 Å². The molecule has 3 aliphatic rings. The monoisotopic (exact) mass is 718 g/mol. The molecule has 0 fully saturated rings. The number of anilines is 4. The number of rotatable bonds is 8. The molecule has 10 rings (SSSR count). The van der Waals surface area contributed by atoms with Gasteiger partial charge >= 0.3 is 0 Å². The Morgan fingerprint density at radius 2 is 1.04 bits per heavy atom. The Kier molecular flexibility index (Phi) is 8.85. The van der Waals surface area contributed by atoms with Crippen LogP contribution in [0, 0.1) is 5.92 Å². The van der Waals surface area contributed by atoms with Crippen molar-refractivity contribution >= 4 is 61.1 Å². The zero-order chi connectivity index (χ0) is 37.3. The molecule has 1 atom stereocenters. The zero-order valence-electron chi connectivity index (χ0n) is 31.3. The number of allylic oxidation sites excluding steroid dienone is 12. The molecule has 0 heterocycles. The third-order valence-corrected chi connectivity index (χ3v) is 11.4. The second-order valence-electron chi connectivity index (χ2n) is 14.9. The Hall–Kier alpha value is -6.90. The predicted octanol–water partition coefficient (Wildman–Crippen LogP) is 14.7. The van der Waals surface area contributed by atoms with Crippen LogP contribution >= 0.6 is 0 Å². The number of hydrogen-bond donors (Lipinski definition) is 0. The first kappa shape index (κ1) is 33.7. The third kappa shape index (κ3) is 6.71. The van der Waals surface area contributed by atoms with Crippen LogP contribution in [-0.4, -0.2) is 0 Å². The predicted molar refractivity (Wildman–Crippen MR) is 240 cm³/mol. The molecule has 0 saturated carbocycles. The van der Waals surface area contributed by atoms with E-state index in [4.69, 9.17) is 0 Å². The molecule has 268 valence electrons. The Labute approximate surface area is 329 Å². The topological polar surface area (TPSA) is 6.48 Å². The molecular weight excluding hydrogens is 677 g/mol. The second kappa shape index (κ2) is 14.7. The van der Waals surface area contributed by atoms with Gasteiger partial charge in [0.15, 0.2) is 0 Å². The first-order valence-corrected chi connectivity index (χ1v) is 19.7. The highest BCUT2D eigenvalue weighted by molar-refractivity contribution is 5.93. The van der Waals surface area contributed by atoms with Crippen molar-refractivity contribution in [3.8, 4) is 0 Å². The van der Waals surface area contributed by atoms with Gasteiger partial charge in [0.05, 0.1) is 0 Å². The Balaban J connectivity index is 0.936. The Bertz CT molecular complexity index is 2760. The quantitative estimate of drug-likeness (QED) is 0.154. The van der Waals surface area contributed by atoms with E-state index in [0.29, 0.717) is 5.92 Å². The summed E-state index contributed by atoms with van der Waals surface area (Å²) in [7, 11) is 0. The van der Waals surface area contributed by atoms with Gasteiger partial charge in [0.25, 0.3) is 0 Å². The molecule has 3 aliphatic carbocycles. The van der Waals surface area contributed by atoms with Crippen LogP contribution in [0.2, 0.25) is 0 Å². The van der Waals surface area contributed by atoms with Gasteiger partial charge in [-0.1, -0.05) is 152 Å². The van der Waals surface area contributed by atoms with Gasteiger partial charge in [0, 0.05) is 40.1 Å². The van der Waals surface area contributed by atoms with E-state index in [1.165, 1.54) is 66.1 Å². The van der Waals surface area contributed by atoms with E-state index in [1.54, 1.807) is 0 Å². The molecule has 7 aromatic carbocycles. The molecule has 7 aromatic rings. The van der Waals surface area contributed by atoms with Gasteiger partial charge in [-0.25, -0.2) is 0 Å². The summed E-state index contributed by atoms with van der Waals surface area (Å²) >= 11 is 0. The average molecular weight is 719 g/mol. The largest absolute Gasteiger partial charge is 0.315 e. The van der Waals surface area contributed by atoms with Crippen LogP contribution in [0.4, 0.5) is 22.7 Å². The van der Waals surface area contributed by atoms with E-state index >= 15 is 0 Å². The highest BCUT2D eigenvalue weighted by atomic mass is 15.2. The van der Waals surface area contributed by atoms with Crippen molar-refractivity contribution in [2.24, 2.45) is 5.92 Å². The molecule has 56 heavy (non-hydrogen) atoms. The van der Waals surface area contributed by atoms with E-state index in [1.807, 2.05) is 0 Å². The fraction of sp³-hybridized carbons (Fsp3) is 0.0741. The van der Waals surface area contributed by atoms with Gasteiger partial charge in [0.2, 0.25) is 0 Å². The summed E-state index contributed by atoms with van der Waals surface area (Å²) in [5.41, 5.74) is 11.1. The second-order valence-corrected chi connectivity index (χ2v) is 14.9. The van der Waals surface area contributed by atoms with Gasteiger partial charge in [-0.2, -0.15) is 0 Å². The van der Waals surface area contributed by atoms with E-state index in [-0.39, 0.29) is 0 Å². The van der Waals surface area contributed by atoms with Crippen molar-refractivity contribution in [3.05, 3.63) is 234 Å². The van der Waals surface area contributed by atoms with Crippen LogP contribution < -0.4 is 9.80 Å². The molecule has 2 heteroatoms. The fourth-order valence-corrected chi connectivity index (χ4v) is 8.38. The Morgan fingerprint density at radius 3 is 1.61 bits per heavy atom. The molecule has 0 saturated heterocycles. The van der Waals surface area contributed by atoms with Crippen LogP contribution in [0.15, 0.2) is 229 Å². The van der Waals surface area contributed by atoms with Crippen molar-refractivity contribution in [3.63, 3.8) is 0 Å². The highest BCUT2D eigenvalue weighted by Crippen LogP contribution is 2.39. The van der Waals surface area contributed by atoms with Crippen LogP contribution in [-0.2, 0) is 0 Å². The number of hydrogen-bond acceptors (Lipinski definition) is 2. The molecule has 1 unspecified atom stereocenters. The van der Waals surface area contributed by atoms with E-state index in [2.05, 4.69) is 222 Å². The molecule has 0 aromatic heterocycles. The van der Waals surface area contributed by atoms with E-state index in [9.17, 15) is 0 Å². The van der Waals surface area contributed by atoms with Crippen molar-refractivity contribution in [1.29, 1.82) is 0 Å². The van der Waals surface area contributed by atoms with Gasteiger partial charge in [0.1, 0.15) is 0 Å². The van der Waals surface area contributed by atoms with Crippen molar-refractivity contribution < 1.29 is 0 Å². The SMILES string of the molecule is C1=CC2=CC(N(C3=CC=C(/C=C/c4ccc(N(c5ccc6ccccc6c5)c5ccc6ccccc6c5)cc4)CC3)c3ccc4ccccc4c3)=CCC2C=C1. The minimum absolute atomic E-state index is 0.466. The van der Waals surface area contributed by atoms with Gasteiger partial charge < -0.3 is 9.80 Å². The molecule has 0 bridgehead atoms. The van der Waals surface area contributed by atoms with Crippen molar-refractivity contribution in [1.82, 2.24) is 0 Å². The fourth-order valence-electron chi connectivity index (χ4n) is 8.38. The molecule has 0 spiro atoms. The minimum Gasteiger partial charge on any atom is -0.315 e. The van der Waals surface area contributed by atoms with Crippen LogP contribution in [0.25, 0.3) is 38.4 Å². The van der Waals surface area contributed by atoms with E-state index < -0.39 is 0 Å². The summed E-state index contributed by atoms with van der Waals surface area (Å²) in [6, 6.07) is 55.1. The number of benzene rings is 7. The lowest BCUT2D eigenvalue weighted by atomic mass is 9.86. The van der Waals surface area contributed by atoms with E-state index in [0.717, 1.165) is 36.3 Å². The zero-order valence-corrected chi connectivity index (χ0v) is 31.3. The molecule has 0 radical (unpaired) electrons. The maximum Gasteiger partial charge on any atom is 0.0468 e. The maximum atomic E-state index is 2.48. The van der Waals surface area contributed by atoms with Crippen molar-refractivity contribution in [2.75, 3.05) is 9.80 Å². The maximum absolute atomic E-state index is 2.48. The minimum atomic E-state index is 0.466. The molecule has 0 amide bonds. The molecular formula is C54H42N2. The van der Waals surface area contributed by atoms with Crippen LogP contribution in [0.1, 0.15) is 24.8 Å². The summed E-state index contributed by atoms with van der Waals surface area (Å²) in [4.78, 5) is 4.84. The molecule has 0 aliphatic heterocycles. The number of fused-ring (bicyclic) bond motifs is 4. The third-order valence-electron chi connectivity index (χ3n) is 11.4. The smallest absolute Gasteiger partial charge is 0.0468 e. The highest BCUT2D eigenvalue weighted by Gasteiger charge is 2.23. The summed E-state index contributed by atoms with van der Waals surface area (Å²) in [6.45, 7) is 0. The van der Waals surface area contributed by atoms with Gasteiger partial charge in [-0.05, 0) is 129 Å². The average Bonchev–Trinajstić information content (AvgIpc) is 3.26. The summed E-state index contributed by atoms with van der Waals surface area (Å²) in [5, 5.41) is 7.47. The number of nitrogens with zero attached hydrogens (tertiary/aromatic N) is 2. The first-order chi connectivity index (χ1) is 27.7. The summed E-state index contributed by atoms with van der Waals surface area (Å²) in [6.07, 6.45) is 25.9. The lowest BCUT2D eigenvalue weighted by molar-refractivity contribution is 0.762. The first-order valence-electron chi connectivity index (χ1n) is 19.7. The lowest BCUT2D eigenvalue weighted by Crippen LogP contribution is -2.24. The van der Waals surface area contributed by atoms with Crippen LogP contribution in [0.3, 0.4) is 0 Å². The van der Waals surface area contributed by atoms with Crippen LogP contribution in [0.5, 0.6) is 0 Å². The summed E-state index contributed by atoms with van der Waals surface area (Å²) < 4.78 is 0. The molecule has 2 nitrogen and oxygen atoms in total. The lowest BCUT2D eigenvalue weighted by Gasteiger charge is -2.33.